The van der Waals surface area contributed by atoms with Gasteiger partial charge in [-0.1, -0.05) is 11.6 Å². The number of hydrogen-bond acceptors (Lipinski definition) is 3. The van der Waals surface area contributed by atoms with Gasteiger partial charge in [0.2, 0.25) is 0 Å². The maximum atomic E-state index is 6.13. The van der Waals surface area contributed by atoms with Crippen LogP contribution in [0.5, 0.6) is 5.75 Å². The molecule has 0 spiro atoms. The summed E-state index contributed by atoms with van der Waals surface area (Å²) < 4.78 is 5.35. The highest BCUT2D eigenvalue weighted by atomic mass is 35.5. The Morgan fingerprint density at radius 3 is 3.00 bits per heavy atom. The third-order valence-electron chi connectivity index (χ3n) is 3.18. The summed E-state index contributed by atoms with van der Waals surface area (Å²) in [7, 11) is 1.68. The molecule has 1 aromatic rings. The molecule has 17 heavy (non-hydrogen) atoms. The van der Waals surface area contributed by atoms with Crippen LogP contribution in [0.1, 0.15) is 18.4 Å². The van der Waals surface area contributed by atoms with Crippen molar-refractivity contribution in [1.29, 1.82) is 0 Å². The van der Waals surface area contributed by atoms with Gasteiger partial charge in [-0.05, 0) is 44.0 Å². The maximum absolute atomic E-state index is 6.13. The van der Waals surface area contributed by atoms with Crippen LogP contribution in [0.25, 0.3) is 0 Å². The second kappa shape index (κ2) is 5.61. The van der Waals surface area contributed by atoms with Crippen molar-refractivity contribution < 1.29 is 4.74 Å². The fraction of sp³-hybridized carbons (Fsp3) is 0.538. The minimum absolute atomic E-state index is 0.555. The van der Waals surface area contributed by atoms with E-state index < -0.39 is 0 Å². The number of benzene rings is 1. The lowest BCUT2D eigenvalue weighted by molar-refractivity contribution is 0.416. The van der Waals surface area contributed by atoms with Crippen molar-refractivity contribution in [2.45, 2.75) is 25.8 Å². The molecule has 0 saturated carbocycles. The molecule has 1 atom stereocenters. The van der Waals surface area contributed by atoms with E-state index in [1.165, 1.54) is 12.8 Å². The van der Waals surface area contributed by atoms with Gasteiger partial charge in [-0.3, -0.25) is 0 Å². The van der Waals surface area contributed by atoms with Crippen LogP contribution >= 0.6 is 11.6 Å². The van der Waals surface area contributed by atoms with Crippen molar-refractivity contribution in [2.75, 3.05) is 25.5 Å². The van der Waals surface area contributed by atoms with Gasteiger partial charge in [0.25, 0.3) is 0 Å². The van der Waals surface area contributed by atoms with Crippen molar-refractivity contribution in [1.82, 2.24) is 5.32 Å². The van der Waals surface area contributed by atoms with E-state index in [0.717, 1.165) is 35.1 Å². The minimum Gasteiger partial charge on any atom is -0.495 e. The van der Waals surface area contributed by atoms with E-state index in [0.29, 0.717) is 6.04 Å². The summed E-state index contributed by atoms with van der Waals surface area (Å²) in [6.07, 6.45) is 2.49. The average Bonchev–Trinajstić information content (AvgIpc) is 2.83. The number of rotatable bonds is 4. The van der Waals surface area contributed by atoms with E-state index in [1.807, 2.05) is 19.1 Å². The number of ether oxygens (including phenoxy) is 1. The van der Waals surface area contributed by atoms with Gasteiger partial charge >= 0.3 is 0 Å². The average molecular weight is 255 g/mol. The van der Waals surface area contributed by atoms with Crippen LogP contribution in [0.2, 0.25) is 5.02 Å². The molecule has 0 bridgehead atoms. The molecule has 2 rings (SSSR count). The van der Waals surface area contributed by atoms with E-state index in [1.54, 1.807) is 7.11 Å². The second-order valence-corrected chi connectivity index (χ2v) is 4.88. The van der Waals surface area contributed by atoms with Gasteiger partial charge in [-0.2, -0.15) is 0 Å². The number of anilines is 1. The van der Waals surface area contributed by atoms with E-state index in [4.69, 9.17) is 16.3 Å². The van der Waals surface area contributed by atoms with Gasteiger partial charge in [0.15, 0.2) is 0 Å². The van der Waals surface area contributed by atoms with Crippen LogP contribution in [0.3, 0.4) is 0 Å². The smallest absolute Gasteiger partial charge is 0.142 e. The Labute approximate surface area is 107 Å². The third-order valence-corrected chi connectivity index (χ3v) is 3.59. The first kappa shape index (κ1) is 12.5. The molecule has 1 fully saturated rings. The summed E-state index contributed by atoms with van der Waals surface area (Å²) in [5.41, 5.74) is 2.00. The van der Waals surface area contributed by atoms with Gasteiger partial charge in [0, 0.05) is 17.6 Å². The second-order valence-electron chi connectivity index (χ2n) is 4.48. The number of hydrogen-bond donors (Lipinski definition) is 2. The van der Waals surface area contributed by atoms with Crippen molar-refractivity contribution in [3.8, 4) is 5.75 Å². The first-order valence-corrected chi connectivity index (χ1v) is 6.40. The summed E-state index contributed by atoms with van der Waals surface area (Å²) in [4.78, 5) is 0. The van der Waals surface area contributed by atoms with Gasteiger partial charge in [-0.25, -0.2) is 0 Å². The zero-order chi connectivity index (χ0) is 12.3. The Morgan fingerprint density at radius 2 is 2.35 bits per heavy atom. The molecule has 2 N–H and O–H groups in total. The van der Waals surface area contributed by atoms with Gasteiger partial charge in [-0.15, -0.1) is 0 Å². The molecule has 0 radical (unpaired) electrons. The lowest BCUT2D eigenvalue weighted by Crippen LogP contribution is -2.29. The fourth-order valence-corrected chi connectivity index (χ4v) is 2.29. The van der Waals surface area contributed by atoms with Crippen LogP contribution in [-0.4, -0.2) is 26.2 Å². The minimum atomic E-state index is 0.555. The molecule has 1 aliphatic rings. The number of methoxy groups -OCH3 is 1. The normalized spacial score (nSPS) is 19.4. The highest BCUT2D eigenvalue weighted by molar-refractivity contribution is 6.31. The number of halogens is 1. The first-order chi connectivity index (χ1) is 8.20. The summed E-state index contributed by atoms with van der Waals surface area (Å²) in [6, 6.07) is 4.46. The van der Waals surface area contributed by atoms with Crippen LogP contribution in [-0.2, 0) is 0 Å². The predicted molar refractivity (Wildman–Crippen MR) is 72.3 cm³/mol. The Morgan fingerprint density at radius 1 is 1.53 bits per heavy atom. The fourth-order valence-electron chi connectivity index (χ4n) is 2.13. The maximum Gasteiger partial charge on any atom is 0.142 e. The van der Waals surface area contributed by atoms with Gasteiger partial charge < -0.3 is 15.4 Å². The molecule has 0 amide bonds. The monoisotopic (exact) mass is 254 g/mol. The quantitative estimate of drug-likeness (QED) is 0.867. The molecule has 1 heterocycles. The van der Waals surface area contributed by atoms with Gasteiger partial charge in [0.1, 0.15) is 5.75 Å². The number of nitrogens with one attached hydrogen (secondary N) is 2. The molecule has 1 unspecified atom stereocenters. The van der Waals surface area contributed by atoms with E-state index >= 15 is 0 Å². The standard InChI is InChI=1S/C13H19ClN2O/c1-9-6-13(17-2)12(7-11(9)14)16-8-10-4-3-5-15-10/h6-7,10,15-16H,3-5,8H2,1-2H3. The van der Waals surface area contributed by atoms with Crippen molar-refractivity contribution in [3.05, 3.63) is 22.7 Å². The van der Waals surface area contributed by atoms with Crippen LogP contribution < -0.4 is 15.4 Å². The van der Waals surface area contributed by atoms with Crippen molar-refractivity contribution in [2.24, 2.45) is 0 Å². The lowest BCUT2D eigenvalue weighted by Gasteiger charge is -2.16. The zero-order valence-electron chi connectivity index (χ0n) is 10.3. The largest absolute Gasteiger partial charge is 0.495 e. The Balaban J connectivity index is 2.05. The molecule has 0 aromatic heterocycles. The molecular weight excluding hydrogens is 236 g/mol. The Bertz CT molecular complexity index is 389. The van der Waals surface area contributed by atoms with E-state index in [9.17, 15) is 0 Å². The van der Waals surface area contributed by atoms with E-state index in [2.05, 4.69) is 10.6 Å². The molecule has 1 aromatic carbocycles. The number of aryl methyl sites for hydroxylation is 1. The van der Waals surface area contributed by atoms with Crippen LogP contribution in [0.15, 0.2) is 12.1 Å². The SMILES string of the molecule is COc1cc(C)c(Cl)cc1NCC1CCCN1. The summed E-state index contributed by atoms with van der Waals surface area (Å²) in [6.45, 7) is 4.01. The Hall–Kier alpha value is -0.930. The van der Waals surface area contributed by atoms with Crippen molar-refractivity contribution >= 4 is 17.3 Å². The molecular formula is C13H19ClN2O. The molecule has 0 aliphatic carbocycles. The molecule has 1 saturated heterocycles. The molecule has 1 aliphatic heterocycles. The van der Waals surface area contributed by atoms with Gasteiger partial charge in [0.05, 0.1) is 12.8 Å². The predicted octanol–water partition coefficient (Wildman–Crippen LogP) is 2.82. The Kier molecular flexibility index (Phi) is 4.13. The summed E-state index contributed by atoms with van der Waals surface area (Å²) >= 11 is 6.13. The summed E-state index contributed by atoms with van der Waals surface area (Å²) in [5, 5.41) is 7.63. The van der Waals surface area contributed by atoms with Crippen LogP contribution in [0, 0.1) is 6.92 Å². The van der Waals surface area contributed by atoms with Crippen molar-refractivity contribution in [3.63, 3.8) is 0 Å². The lowest BCUT2D eigenvalue weighted by atomic mass is 10.2. The summed E-state index contributed by atoms with van der Waals surface area (Å²) in [5.74, 6) is 0.852. The van der Waals surface area contributed by atoms with E-state index in [-0.39, 0.29) is 0 Å². The highest BCUT2D eigenvalue weighted by Crippen LogP contribution is 2.30. The molecule has 3 nitrogen and oxygen atoms in total. The molecule has 94 valence electrons. The molecule has 4 heteroatoms. The first-order valence-electron chi connectivity index (χ1n) is 6.02. The van der Waals surface area contributed by atoms with Crippen LogP contribution in [0.4, 0.5) is 5.69 Å². The highest BCUT2D eigenvalue weighted by Gasteiger charge is 2.14. The zero-order valence-corrected chi connectivity index (χ0v) is 11.1. The topological polar surface area (TPSA) is 33.3 Å². The third kappa shape index (κ3) is 3.05.